The molecular formula is C4H4O4S. The number of ether oxygens (including phenoxy) is 1. The lowest BCUT2D eigenvalue weighted by molar-refractivity contribution is -0.129. The summed E-state index contributed by atoms with van der Waals surface area (Å²) < 4.78 is 23.3. The van der Waals surface area contributed by atoms with Crippen LogP contribution in [0.4, 0.5) is 0 Å². The highest BCUT2D eigenvalue weighted by atomic mass is 32.2. The second-order valence-corrected chi connectivity index (χ2v) is 1.71. The quantitative estimate of drug-likeness (QED) is 0.297. The molecule has 0 rings (SSSR count). The molecule has 0 aromatic heterocycles. The number of hydrogen-bond donors (Lipinski definition) is 0. The maximum Gasteiger partial charge on any atom is 0.335 e. The molecule has 4 nitrogen and oxygen atoms in total. The molecule has 0 radical (unpaired) electrons. The predicted octanol–water partition coefficient (Wildman–Crippen LogP) is -0.646. The second-order valence-electron chi connectivity index (χ2n) is 0.998. The van der Waals surface area contributed by atoms with E-state index in [2.05, 4.69) is 11.3 Å². The molecule has 0 bridgehead atoms. The third kappa shape index (κ3) is 4.76. The Morgan fingerprint density at radius 1 is 1.56 bits per heavy atom. The van der Waals surface area contributed by atoms with Crippen molar-refractivity contribution < 1.29 is 17.9 Å². The van der Waals surface area contributed by atoms with Crippen LogP contribution in [0.1, 0.15) is 0 Å². The Kier molecular flexibility index (Phi) is 3.38. The van der Waals surface area contributed by atoms with Crippen molar-refractivity contribution in [3.8, 4) is 0 Å². The van der Waals surface area contributed by atoms with Crippen LogP contribution in [0.2, 0.25) is 0 Å². The molecule has 0 atom stereocenters. The number of esters is 1. The summed E-state index contributed by atoms with van der Waals surface area (Å²) in [5.41, 5.74) is 0.393. The minimum atomic E-state index is -2.45. The van der Waals surface area contributed by atoms with Gasteiger partial charge in [0, 0.05) is 6.08 Å². The van der Waals surface area contributed by atoms with Crippen LogP contribution < -0.4 is 0 Å². The fraction of sp³-hybridized carbons (Fsp3) is 0. The zero-order chi connectivity index (χ0) is 7.28. The average Bonchev–Trinajstić information content (AvgIpc) is 1.83. The van der Waals surface area contributed by atoms with E-state index >= 15 is 0 Å². The molecule has 0 saturated heterocycles. The molecule has 0 spiro atoms. The van der Waals surface area contributed by atoms with E-state index in [9.17, 15) is 13.2 Å². The van der Waals surface area contributed by atoms with Gasteiger partial charge in [0.15, 0.2) is 0 Å². The molecule has 0 unspecified atom stereocenters. The molecule has 0 aliphatic heterocycles. The predicted molar refractivity (Wildman–Crippen MR) is 31.3 cm³/mol. The topological polar surface area (TPSA) is 60.4 Å². The fourth-order valence-electron chi connectivity index (χ4n) is 0.135. The molecule has 0 N–H and O–H groups in total. The molecule has 0 aliphatic carbocycles. The Morgan fingerprint density at radius 3 is 2.44 bits per heavy atom. The van der Waals surface area contributed by atoms with Gasteiger partial charge in [-0.05, 0) is 0 Å². The van der Waals surface area contributed by atoms with E-state index in [1.807, 2.05) is 0 Å². The van der Waals surface area contributed by atoms with Crippen LogP contribution in [0.25, 0.3) is 0 Å². The summed E-state index contributed by atoms with van der Waals surface area (Å²) in [5.74, 6) is -0.792. The smallest absolute Gasteiger partial charge is 0.335 e. The summed E-state index contributed by atoms with van der Waals surface area (Å²) in [6, 6.07) is 0. The van der Waals surface area contributed by atoms with Crippen molar-refractivity contribution in [3.05, 3.63) is 12.7 Å². The Hall–Kier alpha value is -1.10. The third-order valence-electron chi connectivity index (χ3n) is 0.410. The molecular weight excluding hydrogens is 144 g/mol. The van der Waals surface area contributed by atoms with E-state index in [4.69, 9.17) is 0 Å². The highest BCUT2D eigenvalue weighted by Crippen LogP contribution is 1.70. The highest BCUT2D eigenvalue weighted by Gasteiger charge is 1.88. The number of hydrogen-bond acceptors (Lipinski definition) is 4. The van der Waals surface area contributed by atoms with Gasteiger partial charge in [-0.3, -0.25) is 0 Å². The lowest BCUT2D eigenvalue weighted by atomic mass is 10.7. The monoisotopic (exact) mass is 148 g/mol. The molecule has 0 aromatic rings. The summed E-state index contributed by atoms with van der Waals surface area (Å²) in [6.45, 7) is 3.04. The van der Waals surface area contributed by atoms with Crippen LogP contribution in [0, 0.1) is 0 Å². The lowest BCUT2D eigenvalue weighted by Gasteiger charge is -1.83. The van der Waals surface area contributed by atoms with Gasteiger partial charge in [0.1, 0.15) is 0 Å². The van der Waals surface area contributed by atoms with Gasteiger partial charge in [0.2, 0.25) is 15.8 Å². The van der Waals surface area contributed by atoms with E-state index < -0.39 is 16.3 Å². The molecule has 0 aromatic carbocycles. The Labute approximate surface area is 53.3 Å². The van der Waals surface area contributed by atoms with E-state index in [-0.39, 0.29) is 0 Å². The molecule has 0 heterocycles. The lowest BCUT2D eigenvalue weighted by Crippen LogP contribution is -1.96. The van der Waals surface area contributed by atoms with Crippen molar-refractivity contribution in [2.45, 2.75) is 0 Å². The minimum absolute atomic E-state index is 0.393. The van der Waals surface area contributed by atoms with E-state index in [1.165, 1.54) is 0 Å². The van der Waals surface area contributed by atoms with Crippen molar-refractivity contribution in [1.29, 1.82) is 0 Å². The van der Waals surface area contributed by atoms with Crippen molar-refractivity contribution in [2.24, 2.45) is 0 Å². The standard InChI is InChI=1S/C4H4O4S/c1-2-4(5)8-3-9(6)7/h2-3H,1H2. The number of rotatable bonds is 2. The molecule has 0 amide bonds. The van der Waals surface area contributed by atoms with Crippen LogP contribution in [0.15, 0.2) is 12.7 Å². The summed E-state index contributed by atoms with van der Waals surface area (Å²) in [7, 11) is -2.45. The van der Waals surface area contributed by atoms with Crippen LogP contribution in [-0.4, -0.2) is 19.9 Å². The van der Waals surface area contributed by atoms with Gasteiger partial charge in [0.25, 0.3) is 0 Å². The van der Waals surface area contributed by atoms with Crippen molar-refractivity contribution in [1.82, 2.24) is 0 Å². The Morgan fingerprint density at radius 2 is 2.11 bits per heavy atom. The first-order valence-corrected chi connectivity index (χ1v) is 3.05. The molecule has 0 saturated carbocycles. The van der Waals surface area contributed by atoms with Gasteiger partial charge < -0.3 is 4.74 Å². The second kappa shape index (κ2) is 3.85. The normalized spacial score (nSPS) is 7.56. The first-order chi connectivity index (χ1) is 4.16. The zero-order valence-corrected chi connectivity index (χ0v) is 5.22. The first kappa shape index (κ1) is 7.90. The van der Waals surface area contributed by atoms with Gasteiger partial charge in [-0.1, -0.05) is 6.58 Å². The van der Waals surface area contributed by atoms with Gasteiger partial charge >= 0.3 is 5.97 Å². The summed E-state index contributed by atoms with van der Waals surface area (Å²) in [5, 5.41) is 0. The minimum Gasteiger partial charge on any atom is -0.415 e. The maximum atomic E-state index is 10.1. The maximum absolute atomic E-state index is 10.1. The SMILES string of the molecule is C=CC(=O)OC=S(=O)=O. The van der Waals surface area contributed by atoms with Crippen molar-refractivity contribution in [3.63, 3.8) is 0 Å². The first-order valence-electron chi connectivity index (χ1n) is 1.91. The van der Waals surface area contributed by atoms with Crippen LogP contribution in [0.5, 0.6) is 0 Å². The number of carbonyl (C=O) groups excluding carboxylic acids is 1. The van der Waals surface area contributed by atoms with Crippen LogP contribution in [-0.2, 0) is 19.8 Å². The molecule has 0 aliphatic rings. The van der Waals surface area contributed by atoms with Crippen molar-refractivity contribution in [2.75, 3.05) is 0 Å². The Balaban J connectivity index is 3.92. The average molecular weight is 148 g/mol. The summed E-state index contributed by atoms with van der Waals surface area (Å²) in [6.07, 6.45) is 0.864. The molecule has 9 heavy (non-hydrogen) atoms. The van der Waals surface area contributed by atoms with Crippen molar-refractivity contribution >= 4 is 21.8 Å². The number of carbonyl (C=O) groups is 1. The third-order valence-corrected chi connectivity index (χ3v) is 0.663. The molecule has 5 heteroatoms. The Bertz CT molecular complexity index is 227. The zero-order valence-electron chi connectivity index (χ0n) is 4.40. The van der Waals surface area contributed by atoms with Gasteiger partial charge in [-0.25, -0.2) is 4.79 Å². The van der Waals surface area contributed by atoms with E-state index in [0.29, 0.717) is 5.55 Å². The summed E-state index contributed by atoms with van der Waals surface area (Å²) in [4.78, 5) is 10.1. The molecule has 0 fully saturated rings. The highest BCUT2D eigenvalue weighted by molar-refractivity contribution is 7.71. The van der Waals surface area contributed by atoms with E-state index in [0.717, 1.165) is 6.08 Å². The van der Waals surface area contributed by atoms with E-state index in [1.54, 1.807) is 0 Å². The molecule has 50 valence electrons. The van der Waals surface area contributed by atoms with Crippen LogP contribution >= 0.6 is 0 Å². The fourth-order valence-corrected chi connectivity index (χ4v) is 0.308. The summed E-state index contributed by atoms with van der Waals surface area (Å²) >= 11 is 0. The van der Waals surface area contributed by atoms with Gasteiger partial charge in [0.05, 0.1) is 0 Å². The van der Waals surface area contributed by atoms with Gasteiger partial charge in [-0.2, -0.15) is 8.42 Å². The van der Waals surface area contributed by atoms with Gasteiger partial charge in [-0.15, -0.1) is 0 Å². The van der Waals surface area contributed by atoms with Crippen LogP contribution in [0.3, 0.4) is 0 Å². The largest absolute Gasteiger partial charge is 0.415 e.